The van der Waals surface area contributed by atoms with Crippen molar-refractivity contribution in [1.82, 2.24) is 0 Å². The van der Waals surface area contributed by atoms with Crippen molar-refractivity contribution in [2.75, 3.05) is 0 Å². The van der Waals surface area contributed by atoms with Gasteiger partial charge in [-0.2, -0.15) is 0 Å². The van der Waals surface area contributed by atoms with Crippen LogP contribution in [0.15, 0.2) is 59.3 Å². The Labute approximate surface area is 141 Å². The monoisotopic (exact) mass is 314 g/mol. The summed E-state index contributed by atoms with van der Waals surface area (Å²) in [5, 5.41) is 0. The van der Waals surface area contributed by atoms with Gasteiger partial charge in [0.2, 0.25) is 0 Å². The van der Waals surface area contributed by atoms with Crippen LogP contribution in [0, 0.1) is 17.3 Å². The SMILES string of the molecule is C/C=C\C=C/C1=CC(C)(CC(C)C(F)CCC)C2=C1C(C)C=C2. The predicted molar refractivity (Wildman–Crippen MR) is 99.1 cm³/mol. The molecule has 0 aromatic heterocycles. The van der Waals surface area contributed by atoms with Crippen molar-refractivity contribution in [1.29, 1.82) is 0 Å². The minimum absolute atomic E-state index is 0.0380. The van der Waals surface area contributed by atoms with E-state index in [2.05, 4.69) is 64.2 Å². The Morgan fingerprint density at radius 3 is 2.74 bits per heavy atom. The van der Waals surface area contributed by atoms with Crippen LogP contribution in [0.25, 0.3) is 0 Å². The van der Waals surface area contributed by atoms with Gasteiger partial charge in [-0.25, -0.2) is 4.39 Å². The molecule has 2 aliphatic carbocycles. The molecule has 0 saturated carbocycles. The Morgan fingerprint density at radius 2 is 2.09 bits per heavy atom. The summed E-state index contributed by atoms with van der Waals surface area (Å²) < 4.78 is 14.3. The second kappa shape index (κ2) is 7.47. The first-order chi connectivity index (χ1) is 10.9. The van der Waals surface area contributed by atoms with Crippen molar-refractivity contribution in [2.24, 2.45) is 17.3 Å². The molecule has 4 atom stereocenters. The first kappa shape index (κ1) is 18.0. The summed E-state index contributed by atoms with van der Waals surface area (Å²) in [7, 11) is 0. The molecule has 0 bridgehead atoms. The molecule has 1 heteroatoms. The van der Waals surface area contributed by atoms with Gasteiger partial charge in [0, 0.05) is 11.3 Å². The van der Waals surface area contributed by atoms with Gasteiger partial charge in [-0.15, -0.1) is 0 Å². The van der Waals surface area contributed by atoms with Crippen molar-refractivity contribution in [3.05, 3.63) is 59.3 Å². The summed E-state index contributed by atoms with van der Waals surface area (Å²) in [5.41, 5.74) is 4.12. The van der Waals surface area contributed by atoms with Gasteiger partial charge in [0.1, 0.15) is 6.17 Å². The van der Waals surface area contributed by atoms with Crippen LogP contribution in [0.5, 0.6) is 0 Å². The van der Waals surface area contributed by atoms with E-state index in [1.54, 1.807) is 0 Å². The van der Waals surface area contributed by atoms with Crippen molar-refractivity contribution in [2.45, 2.75) is 60.1 Å². The highest BCUT2D eigenvalue weighted by Gasteiger charge is 2.39. The summed E-state index contributed by atoms with van der Waals surface area (Å²) >= 11 is 0. The minimum atomic E-state index is -0.695. The van der Waals surface area contributed by atoms with Gasteiger partial charge >= 0.3 is 0 Å². The number of alkyl halides is 1. The maximum Gasteiger partial charge on any atom is 0.103 e. The molecule has 0 fully saturated rings. The van der Waals surface area contributed by atoms with Crippen molar-refractivity contribution in [3.8, 4) is 0 Å². The maximum absolute atomic E-state index is 14.3. The van der Waals surface area contributed by atoms with E-state index in [4.69, 9.17) is 0 Å². The average Bonchev–Trinajstić information content (AvgIpc) is 3.00. The smallest absolute Gasteiger partial charge is 0.103 e. The lowest BCUT2D eigenvalue weighted by Crippen LogP contribution is -2.23. The fraction of sp³-hybridized carbons (Fsp3) is 0.545. The summed E-state index contributed by atoms with van der Waals surface area (Å²) in [6.07, 6.45) is 17.1. The Balaban J connectivity index is 2.26. The molecule has 126 valence electrons. The average molecular weight is 314 g/mol. The maximum atomic E-state index is 14.3. The number of hydrogen-bond acceptors (Lipinski definition) is 0. The largest absolute Gasteiger partial charge is 0.247 e. The van der Waals surface area contributed by atoms with E-state index in [1.807, 2.05) is 13.0 Å². The highest BCUT2D eigenvalue weighted by molar-refractivity contribution is 5.61. The second-order valence-corrected chi connectivity index (χ2v) is 7.36. The van der Waals surface area contributed by atoms with Gasteiger partial charge in [-0.05, 0) is 42.4 Å². The number of halogens is 1. The van der Waals surface area contributed by atoms with Crippen LogP contribution in [-0.4, -0.2) is 6.17 Å². The molecule has 0 nitrogen and oxygen atoms in total. The molecule has 0 heterocycles. The lowest BCUT2D eigenvalue weighted by atomic mass is 9.75. The zero-order valence-electron chi connectivity index (χ0n) is 15.3. The van der Waals surface area contributed by atoms with Gasteiger partial charge in [0.05, 0.1) is 0 Å². The van der Waals surface area contributed by atoms with Crippen LogP contribution in [-0.2, 0) is 0 Å². The number of hydrogen-bond donors (Lipinski definition) is 0. The Morgan fingerprint density at radius 1 is 1.35 bits per heavy atom. The van der Waals surface area contributed by atoms with Crippen LogP contribution in [0.4, 0.5) is 4.39 Å². The Bertz CT molecular complexity index is 573. The van der Waals surface area contributed by atoms with E-state index < -0.39 is 6.17 Å². The molecule has 0 spiro atoms. The van der Waals surface area contributed by atoms with E-state index in [0.29, 0.717) is 12.3 Å². The third-order valence-electron chi connectivity index (χ3n) is 5.20. The molecular weight excluding hydrogens is 283 g/mol. The lowest BCUT2D eigenvalue weighted by Gasteiger charge is -2.29. The quantitative estimate of drug-likeness (QED) is 0.457. The van der Waals surface area contributed by atoms with Crippen LogP contribution < -0.4 is 0 Å². The van der Waals surface area contributed by atoms with Gasteiger partial charge < -0.3 is 0 Å². The molecule has 2 aliphatic rings. The molecule has 0 radical (unpaired) electrons. The molecule has 0 N–H and O–H groups in total. The van der Waals surface area contributed by atoms with Crippen molar-refractivity contribution >= 4 is 0 Å². The van der Waals surface area contributed by atoms with Gasteiger partial charge in [-0.3, -0.25) is 0 Å². The van der Waals surface area contributed by atoms with Crippen LogP contribution >= 0.6 is 0 Å². The summed E-state index contributed by atoms with van der Waals surface area (Å²) in [6.45, 7) is 10.7. The standard InChI is InChI=1S/C22H31F/c1-6-8-9-11-18-15-22(5,14-17(4)20(23)10-7-2)19-13-12-16(3)21(18)19/h6,8-9,11-13,15-17,20H,7,10,14H2,1-5H3/b8-6-,11-9-. The number of allylic oxidation sites excluding steroid dienone is 10. The van der Waals surface area contributed by atoms with Gasteiger partial charge in [0.25, 0.3) is 0 Å². The Kier molecular flexibility index (Phi) is 5.84. The van der Waals surface area contributed by atoms with E-state index in [-0.39, 0.29) is 11.3 Å². The van der Waals surface area contributed by atoms with Crippen LogP contribution in [0.2, 0.25) is 0 Å². The highest BCUT2D eigenvalue weighted by Crippen LogP contribution is 2.51. The van der Waals surface area contributed by atoms with Crippen molar-refractivity contribution in [3.63, 3.8) is 0 Å². The highest BCUT2D eigenvalue weighted by atomic mass is 19.1. The Hall–Kier alpha value is -1.37. The second-order valence-electron chi connectivity index (χ2n) is 7.36. The van der Waals surface area contributed by atoms with Crippen molar-refractivity contribution < 1.29 is 4.39 Å². The van der Waals surface area contributed by atoms with E-state index >= 15 is 0 Å². The molecule has 4 unspecified atom stereocenters. The minimum Gasteiger partial charge on any atom is -0.247 e. The normalized spacial score (nSPS) is 29.7. The lowest BCUT2D eigenvalue weighted by molar-refractivity contribution is 0.190. The van der Waals surface area contributed by atoms with E-state index in [0.717, 1.165) is 12.8 Å². The fourth-order valence-electron chi connectivity index (χ4n) is 4.02. The first-order valence-corrected chi connectivity index (χ1v) is 9.02. The molecule has 0 aromatic carbocycles. The summed E-state index contributed by atoms with van der Waals surface area (Å²) in [6, 6.07) is 0. The summed E-state index contributed by atoms with van der Waals surface area (Å²) in [4.78, 5) is 0. The molecule has 23 heavy (non-hydrogen) atoms. The molecule has 0 aliphatic heterocycles. The molecule has 0 saturated heterocycles. The topological polar surface area (TPSA) is 0 Å². The van der Waals surface area contributed by atoms with E-state index in [1.165, 1.54) is 16.7 Å². The number of rotatable bonds is 7. The zero-order valence-corrected chi connectivity index (χ0v) is 15.3. The van der Waals surface area contributed by atoms with Gasteiger partial charge in [0.15, 0.2) is 0 Å². The zero-order chi connectivity index (χ0) is 17.0. The first-order valence-electron chi connectivity index (χ1n) is 9.02. The van der Waals surface area contributed by atoms with Gasteiger partial charge in [-0.1, -0.05) is 76.6 Å². The third-order valence-corrected chi connectivity index (χ3v) is 5.20. The fourth-order valence-corrected chi connectivity index (χ4v) is 4.02. The van der Waals surface area contributed by atoms with E-state index in [9.17, 15) is 4.39 Å². The molecule has 2 rings (SSSR count). The molecule has 0 amide bonds. The molecular formula is C22H31F. The summed E-state index contributed by atoms with van der Waals surface area (Å²) in [5.74, 6) is 0.550. The molecule has 0 aromatic rings. The van der Waals surface area contributed by atoms with Crippen LogP contribution in [0.1, 0.15) is 53.9 Å². The predicted octanol–water partition coefficient (Wildman–Crippen LogP) is 6.73. The van der Waals surface area contributed by atoms with Crippen LogP contribution in [0.3, 0.4) is 0 Å². The third kappa shape index (κ3) is 3.76.